The highest BCUT2D eigenvalue weighted by atomic mass is 19.1. The van der Waals surface area contributed by atoms with E-state index in [0.29, 0.717) is 24.5 Å². The van der Waals surface area contributed by atoms with Crippen LogP contribution in [0.15, 0.2) is 42.5 Å². The van der Waals surface area contributed by atoms with Crippen LogP contribution in [0.2, 0.25) is 0 Å². The molecule has 30 heavy (non-hydrogen) atoms. The van der Waals surface area contributed by atoms with Crippen molar-refractivity contribution in [3.63, 3.8) is 0 Å². The molecule has 1 N–H and O–H groups in total. The summed E-state index contributed by atoms with van der Waals surface area (Å²) in [5, 5.41) is 2.84. The monoisotopic (exact) mass is 414 g/mol. The summed E-state index contributed by atoms with van der Waals surface area (Å²) < 4.78 is 23.9. The summed E-state index contributed by atoms with van der Waals surface area (Å²) in [5.74, 6) is 0.694. The molecule has 2 aromatic carbocycles. The first-order valence-corrected chi connectivity index (χ1v) is 10.2. The van der Waals surface area contributed by atoms with Crippen molar-refractivity contribution >= 4 is 11.8 Å². The van der Waals surface area contributed by atoms with Crippen molar-refractivity contribution in [3.05, 3.63) is 59.4 Å². The highest BCUT2D eigenvalue weighted by Crippen LogP contribution is 2.32. The average Bonchev–Trinajstić information content (AvgIpc) is 3.22. The molecule has 0 aromatic heterocycles. The van der Waals surface area contributed by atoms with Gasteiger partial charge in [-0.05, 0) is 55.2 Å². The van der Waals surface area contributed by atoms with Gasteiger partial charge in [0.2, 0.25) is 18.6 Å². The highest BCUT2D eigenvalue weighted by Gasteiger charge is 2.26. The van der Waals surface area contributed by atoms with Gasteiger partial charge in [0, 0.05) is 19.5 Å². The Balaban J connectivity index is 1.69. The Morgan fingerprint density at radius 1 is 1.10 bits per heavy atom. The van der Waals surface area contributed by atoms with Crippen molar-refractivity contribution in [2.45, 2.75) is 45.7 Å². The molecule has 1 aliphatic heterocycles. The van der Waals surface area contributed by atoms with Gasteiger partial charge in [-0.2, -0.15) is 0 Å². The number of aryl methyl sites for hydroxylation is 1. The molecule has 2 aromatic rings. The quantitative estimate of drug-likeness (QED) is 0.683. The van der Waals surface area contributed by atoms with Crippen molar-refractivity contribution in [1.82, 2.24) is 10.2 Å². The van der Waals surface area contributed by atoms with Crippen LogP contribution in [0.1, 0.15) is 37.8 Å². The molecule has 0 radical (unpaired) electrons. The van der Waals surface area contributed by atoms with E-state index in [4.69, 9.17) is 9.47 Å². The molecule has 6 nitrogen and oxygen atoms in total. The molecule has 1 aliphatic rings. The lowest BCUT2D eigenvalue weighted by molar-refractivity contribution is -0.140. The van der Waals surface area contributed by atoms with E-state index in [9.17, 15) is 14.0 Å². The van der Waals surface area contributed by atoms with E-state index in [0.717, 1.165) is 17.5 Å². The number of fused-ring (bicyclic) bond motifs is 1. The Labute approximate surface area is 176 Å². The van der Waals surface area contributed by atoms with E-state index in [1.807, 2.05) is 25.1 Å². The zero-order valence-corrected chi connectivity index (χ0v) is 17.3. The van der Waals surface area contributed by atoms with Crippen molar-refractivity contribution in [3.8, 4) is 11.5 Å². The van der Waals surface area contributed by atoms with Gasteiger partial charge in [-0.15, -0.1) is 0 Å². The number of halogens is 1. The van der Waals surface area contributed by atoms with Crippen LogP contribution in [0.4, 0.5) is 4.39 Å². The average molecular weight is 414 g/mol. The number of carbonyl (C=O) groups is 2. The van der Waals surface area contributed by atoms with Gasteiger partial charge in [-0.3, -0.25) is 9.59 Å². The maximum atomic E-state index is 13.2. The number of nitrogens with zero attached hydrogens (tertiary/aromatic N) is 1. The molecular weight excluding hydrogens is 387 g/mol. The molecule has 7 heteroatoms. The van der Waals surface area contributed by atoms with Crippen LogP contribution in [-0.4, -0.2) is 36.1 Å². The fourth-order valence-corrected chi connectivity index (χ4v) is 3.26. The molecule has 0 spiro atoms. The van der Waals surface area contributed by atoms with Crippen molar-refractivity contribution in [1.29, 1.82) is 0 Å². The molecule has 0 saturated heterocycles. The van der Waals surface area contributed by atoms with Crippen molar-refractivity contribution < 1.29 is 23.5 Å². The van der Waals surface area contributed by atoms with Gasteiger partial charge >= 0.3 is 0 Å². The number of hydrogen-bond acceptors (Lipinski definition) is 4. The standard InChI is InChI=1S/C23H27FN2O4/c1-3-12-25-23(28)16(2)26(14-18-4-8-19(24)9-5-18)22(27)11-7-17-6-10-20-21(13-17)30-15-29-20/h4-6,8-10,13,16H,3,7,11-12,14-15H2,1-2H3,(H,25,28)/t16-/m0/s1. The number of hydrogen-bond donors (Lipinski definition) is 1. The lowest BCUT2D eigenvalue weighted by atomic mass is 10.1. The van der Waals surface area contributed by atoms with Crippen LogP contribution >= 0.6 is 0 Å². The summed E-state index contributed by atoms with van der Waals surface area (Å²) in [7, 11) is 0. The second kappa shape index (κ2) is 10.1. The molecule has 1 heterocycles. The van der Waals surface area contributed by atoms with E-state index < -0.39 is 6.04 Å². The van der Waals surface area contributed by atoms with Gasteiger partial charge in [0.25, 0.3) is 0 Å². The summed E-state index contributed by atoms with van der Waals surface area (Å²) in [6.45, 7) is 4.68. The van der Waals surface area contributed by atoms with Gasteiger partial charge in [0.05, 0.1) is 0 Å². The van der Waals surface area contributed by atoms with Crippen LogP contribution in [0.25, 0.3) is 0 Å². The minimum Gasteiger partial charge on any atom is -0.454 e. The highest BCUT2D eigenvalue weighted by molar-refractivity contribution is 5.87. The van der Waals surface area contributed by atoms with E-state index in [1.165, 1.54) is 12.1 Å². The van der Waals surface area contributed by atoms with E-state index in [-0.39, 0.29) is 37.4 Å². The first kappa shape index (κ1) is 21.6. The molecule has 3 rings (SSSR count). The van der Waals surface area contributed by atoms with E-state index >= 15 is 0 Å². The lowest BCUT2D eigenvalue weighted by Gasteiger charge is -2.29. The number of nitrogens with one attached hydrogen (secondary N) is 1. The molecule has 0 fully saturated rings. The maximum absolute atomic E-state index is 13.2. The van der Waals surface area contributed by atoms with Gasteiger partial charge in [0.1, 0.15) is 11.9 Å². The Kier molecular flexibility index (Phi) is 7.27. The Hall–Kier alpha value is -3.09. The Morgan fingerprint density at radius 3 is 2.53 bits per heavy atom. The van der Waals surface area contributed by atoms with Gasteiger partial charge in [-0.1, -0.05) is 25.1 Å². The summed E-state index contributed by atoms with van der Waals surface area (Å²) in [6.07, 6.45) is 1.57. The van der Waals surface area contributed by atoms with Crippen molar-refractivity contribution in [2.24, 2.45) is 0 Å². The zero-order valence-electron chi connectivity index (χ0n) is 17.3. The number of amides is 2. The summed E-state index contributed by atoms with van der Waals surface area (Å²) in [5.41, 5.74) is 1.72. The Morgan fingerprint density at radius 2 is 1.80 bits per heavy atom. The van der Waals surface area contributed by atoms with Crippen LogP contribution < -0.4 is 14.8 Å². The summed E-state index contributed by atoms with van der Waals surface area (Å²) in [6, 6.07) is 10.9. The number of ether oxygens (including phenoxy) is 2. The molecule has 0 saturated carbocycles. The molecule has 0 bridgehead atoms. The number of carbonyl (C=O) groups excluding carboxylic acids is 2. The maximum Gasteiger partial charge on any atom is 0.242 e. The smallest absolute Gasteiger partial charge is 0.242 e. The molecule has 1 atom stereocenters. The zero-order chi connectivity index (χ0) is 21.5. The molecular formula is C23H27FN2O4. The molecule has 2 amide bonds. The third-order valence-electron chi connectivity index (χ3n) is 5.05. The number of benzene rings is 2. The Bertz CT molecular complexity index is 885. The fraction of sp³-hybridized carbons (Fsp3) is 0.391. The first-order chi connectivity index (χ1) is 14.5. The van der Waals surface area contributed by atoms with Gasteiger partial charge in [0.15, 0.2) is 11.5 Å². The summed E-state index contributed by atoms with van der Waals surface area (Å²) >= 11 is 0. The first-order valence-electron chi connectivity index (χ1n) is 10.2. The molecule has 0 aliphatic carbocycles. The van der Waals surface area contributed by atoms with E-state index in [2.05, 4.69) is 5.32 Å². The SMILES string of the molecule is CCCNC(=O)[C@H](C)N(Cc1ccc(F)cc1)C(=O)CCc1ccc2c(c1)OCO2. The minimum absolute atomic E-state index is 0.142. The summed E-state index contributed by atoms with van der Waals surface area (Å²) in [4.78, 5) is 27.1. The van der Waals surface area contributed by atoms with Gasteiger partial charge in [-0.25, -0.2) is 4.39 Å². The third kappa shape index (κ3) is 5.49. The third-order valence-corrected chi connectivity index (χ3v) is 5.05. The predicted octanol–water partition coefficient (Wildman–Crippen LogP) is 3.43. The lowest BCUT2D eigenvalue weighted by Crippen LogP contribution is -2.47. The molecule has 0 unspecified atom stereocenters. The normalized spacial score (nSPS) is 13.0. The van der Waals surface area contributed by atoms with Crippen molar-refractivity contribution in [2.75, 3.05) is 13.3 Å². The topological polar surface area (TPSA) is 67.9 Å². The van der Waals surface area contributed by atoms with E-state index in [1.54, 1.807) is 24.0 Å². The largest absolute Gasteiger partial charge is 0.454 e. The minimum atomic E-state index is -0.633. The van der Waals surface area contributed by atoms with Crippen LogP contribution in [-0.2, 0) is 22.6 Å². The van der Waals surface area contributed by atoms with Crippen LogP contribution in [0, 0.1) is 5.82 Å². The predicted molar refractivity (Wildman–Crippen MR) is 111 cm³/mol. The fourth-order valence-electron chi connectivity index (χ4n) is 3.26. The van der Waals surface area contributed by atoms with Crippen LogP contribution in [0.3, 0.4) is 0 Å². The molecule has 160 valence electrons. The number of rotatable bonds is 9. The van der Waals surface area contributed by atoms with Gasteiger partial charge < -0.3 is 19.7 Å². The second-order valence-electron chi connectivity index (χ2n) is 7.30. The second-order valence-corrected chi connectivity index (χ2v) is 7.30. The van der Waals surface area contributed by atoms with Crippen LogP contribution in [0.5, 0.6) is 11.5 Å².